The van der Waals surface area contributed by atoms with Gasteiger partial charge in [0.25, 0.3) is 0 Å². The Bertz CT molecular complexity index is 985. The Kier molecular flexibility index (Phi) is 4.88. The van der Waals surface area contributed by atoms with Crippen LogP contribution in [0.2, 0.25) is 0 Å². The van der Waals surface area contributed by atoms with Crippen LogP contribution >= 0.6 is 0 Å². The molecule has 2 aromatic carbocycles. The van der Waals surface area contributed by atoms with E-state index in [4.69, 9.17) is 4.74 Å². The van der Waals surface area contributed by atoms with E-state index in [1.807, 2.05) is 49.4 Å². The third kappa shape index (κ3) is 3.29. The molecular weight excluding hydrogens is 370 g/mol. The molecule has 1 atom stereocenters. The van der Waals surface area contributed by atoms with Gasteiger partial charge in [-0.05, 0) is 29.7 Å². The van der Waals surface area contributed by atoms with Crippen molar-refractivity contribution < 1.29 is 19.1 Å². The average Bonchev–Trinajstić information content (AvgIpc) is 3.28. The van der Waals surface area contributed by atoms with Crippen molar-refractivity contribution in [2.24, 2.45) is 10.5 Å². The molecule has 148 valence electrons. The lowest BCUT2D eigenvalue weighted by Crippen LogP contribution is -2.45. The predicted molar refractivity (Wildman–Crippen MR) is 107 cm³/mol. The molecule has 1 fully saturated rings. The minimum atomic E-state index is -1.33. The third-order valence-electron chi connectivity index (χ3n) is 5.35. The lowest BCUT2D eigenvalue weighted by Gasteiger charge is -2.21. The van der Waals surface area contributed by atoms with Gasteiger partial charge in [0.15, 0.2) is 5.71 Å². The molecular formula is C22H21N3O4. The van der Waals surface area contributed by atoms with Gasteiger partial charge in [-0.1, -0.05) is 49.4 Å². The number of nitrogens with zero attached hydrogens (tertiary/aromatic N) is 2. The minimum Gasteiger partial charge on any atom is -0.456 e. The van der Waals surface area contributed by atoms with Crippen LogP contribution in [0.4, 0.5) is 5.69 Å². The molecule has 7 nitrogen and oxygen atoms in total. The summed E-state index contributed by atoms with van der Waals surface area (Å²) in [5.74, 6) is -1.50. The number of anilines is 1. The molecule has 2 aromatic rings. The van der Waals surface area contributed by atoms with Gasteiger partial charge in [-0.2, -0.15) is 5.10 Å². The number of hydrogen-bond acceptors (Lipinski definition) is 6. The number of nitrogens with one attached hydrogen (secondary N) is 1. The molecule has 0 aromatic heterocycles. The molecule has 1 unspecified atom stereocenters. The van der Waals surface area contributed by atoms with E-state index in [1.54, 1.807) is 12.1 Å². The monoisotopic (exact) mass is 391 g/mol. The summed E-state index contributed by atoms with van der Waals surface area (Å²) in [5.41, 5.74) is 3.78. The highest BCUT2D eigenvalue weighted by molar-refractivity contribution is 6.47. The molecule has 0 radical (unpaired) electrons. The zero-order valence-corrected chi connectivity index (χ0v) is 16.1. The second kappa shape index (κ2) is 7.50. The molecule has 29 heavy (non-hydrogen) atoms. The van der Waals surface area contributed by atoms with Crippen molar-refractivity contribution in [3.8, 4) is 0 Å². The maximum Gasteiger partial charge on any atom is 0.356 e. The van der Waals surface area contributed by atoms with Crippen molar-refractivity contribution >= 4 is 29.2 Å². The average molecular weight is 391 g/mol. The molecule has 0 aliphatic carbocycles. The maximum atomic E-state index is 13.3. The second-order valence-electron chi connectivity index (χ2n) is 7.17. The van der Waals surface area contributed by atoms with E-state index in [0.717, 1.165) is 22.4 Å². The number of rotatable bonds is 5. The Balaban J connectivity index is 1.55. The number of hydrazone groups is 1. The summed E-state index contributed by atoms with van der Waals surface area (Å²) in [6.45, 7) is 2.19. The number of carbonyl (C=O) groups excluding carboxylic acids is 3. The second-order valence-corrected chi connectivity index (χ2v) is 7.17. The summed E-state index contributed by atoms with van der Waals surface area (Å²) in [6.07, 6.45) is 0.744. The standard InChI is InChI=1S/C22H21N3O4/c1-2-15-8-10-17(11-9-15)25-18(26)12-22(21(25)28)14-23-24-19(22)20(27)29-13-16-6-4-3-5-7-16/h3-11,23H,2,12-14H2,1H3. The van der Waals surface area contributed by atoms with Crippen LogP contribution < -0.4 is 10.3 Å². The van der Waals surface area contributed by atoms with Crippen LogP contribution in [0.3, 0.4) is 0 Å². The number of imide groups is 1. The van der Waals surface area contributed by atoms with Gasteiger partial charge in [-0.15, -0.1) is 0 Å². The van der Waals surface area contributed by atoms with Crippen LogP contribution in [0.25, 0.3) is 0 Å². The maximum absolute atomic E-state index is 13.3. The predicted octanol–water partition coefficient (Wildman–Crippen LogP) is 2.20. The van der Waals surface area contributed by atoms with Crippen LogP contribution in [0.5, 0.6) is 0 Å². The van der Waals surface area contributed by atoms with Crippen molar-refractivity contribution in [2.75, 3.05) is 11.4 Å². The minimum absolute atomic E-state index is 0.0422. The lowest BCUT2D eigenvalue weighted by atomic mass is 9.81. The number of amides is 2. The highest BCUT2D eigenvalue weighted by atomic mass is 16.5. The van der Waals surface area contributed by atoms with E-state index in [2.05, 4.69) is 10.5 Å². The summed E-state index contributed by atoms with van der Waals surface area (Å²) < 4.78 is 5.36. The highest BCUT2D eigenvalue weighted by Gasteiger charge is 2.59. The topological polar surface area (TPSA) is 88.1 Å². The largest absolute Gasteiger partial charge is 0.456 e. The Morgan fingerprint density at radius 3 is 2.52 bits per heavy atom. The fourth-order valence-electron chi connectivity index (χ4n) is 3.68. The molecule has 2 amide bonds. The first-order valence-electron chi connectivity index (χ1n) is 9.53. The van der Waals surface area contributed by atoms with E-state index in [1.165, 1.54) is 0 Å². The molecule has 1 spiro atoms. The summed E-state index contributed by atoms with van der Waals surface area (Å²) in [5, 5.41) is 4.02. The number of aryl methyl sites for hydroxylation is 1. The van der Waals surface area contributed by atoms with Gasteiger partial charge < -0.3 is 10.2 Å². The van der Waals surface area contributed by atoms with Crippen LogP contribution in [-0.2, 0) is 32.1 Å². The van der Waals surface area contributed by atoms with Crippen LogP contribution in [0, 0.1) is 5.41 Å². The first-order chi connectivity index (χ1) is 14.0. The Labute approximate surface area is 168 Å². The summed E-state index contributed by atoms with van der Waals surface area (Å²) >= 11 is 0. The smallest absolute Gasteiger partial charge is 0.356 e. The van der Waals surface area contributed by atoms with Crippen molar-refractivity contribution in [3.05, 3.63) is 65.7 Å². The summed E-state index contributed by atoms with van der Waals surface area (Å²) in [7, 11) is 0. The van der Waals surface area contributed by atoms with E-state index >= 15 is 0 Å². The van der Waals surface area contributed by atoms with Crippen molar-refractivity contribution in [3.63, 3.8) is 0 Å². The first kappa shape index (κ1) is 18.9. The zero-order chi connectivity index (χ0) is 20.4. The summed E-state index contributed by atoms with van der Waals surface area (Å²) in [4.78, 5) is 39.8. The van der Waals surface area contributed by atoms with E-state index < -0.39 is 17.3 Å². The fourth-order valence-corrected chi connectivity index (χ4v) is 3.68. The molecule has 4 rings (SSSR count). The third-order valence-corrected chi connectivity index (χ3v) is 5.35. The number of ether oxygens (including phenoxy) is 1. The van der Waals surface area contributed by atoms with Crippen molar-refractivity contribution in [1.82, 2.24) is 5.43 Å². The highest BCUT2D eigenvalue weighted by Crippen LogP contribution is 2.39. The Morgan fingerprint density at radius 1 is 1.10 bits per heavy atom. The molecule has 2 aliphatic rings. The number of esters is 1. The fraction of sp³-hybridized carbons (Fsp3) is 0.273. The number of hydrogen-bond donors (Lipinski definition) is 1. The van der Waals surface area contributed by atoms with Crippen LogP contribution in [-0.4, -0.2) is 30.0 Å². The summed E-state index contributed by atoms with van der Waals surface area (Å²) in [6, 6.07) is 16.5. The molecule has 0 bridgehead atoms. The Hall–Kier alpha value is -3.48. The molecule has 1 N–H and O–H groups in total. The molecule has 0 saturated carbocycles. The lowest BCUT2D eigenvalue weighted by molar-refractivity contribution is -0.138. The van der Waals surface area contributed by atoms with Crippen LogP contribution in [0.15, 0.2) is 59.7 Å². The normalized spacial score (nSPS) is 20.7. The number of carbonyl (C=O) groups is 3. The van der Waals surface area contributed by atoms with Gasteiger partial charge in [-0.3, -0.25) is 9.59 Å². The van der Waals surface area contributed by atoms with Gasteiger partial charge in [-0.25, -0.2) is 9.69 Å². The van der Waals surface area contributed by atoms with E-state index in [0.29, 0.717) is 5.69 Å². The van der Waals surface area contributed by atoms with E-state index in [-0.39, 0.29) is 31.2 Å². The molecule has 2 heterocycles. The van der Waals surface area contributed by atoms with Gasteiger partial charge in [0.2, 0.25) is 11.8 Å². The van der Waals surface area contributed by atoms with Crippen LogP contribution in [0.1, 0.15) is 24.5 Å². The first-order valence-corrected chi connectivity index (χ1v) is 9.53. The SMILES string of the molecule is CCc1ccc(N2C(=O)CC3(CNN=C3C(=O)OCc3ccccc3)C2=O)cc1. The van der Waals surface area contributed by atoms with E-state index in [9.17, 15) is 14.4 Å². The van der Waals surface area contributed by atoms with Crippen molar-refractivity contribution in [2.45, 2.75) is 26.4 Å². The molecule has 2 aliphatic heterocycles. The van der Waals surface area contributed by atoms with Gasteiger partial charge in [0, 0.05) is 6.42 Å². The molecule has 7 heteroatoms. The number of benzene rings is 2. The Morgan fingerprint density at radius 2 is 1.83 bits per heavy atom. The van der Waals surface area contributed by atoms with Gasteiger partial charge in [0.1, 0.15) is 12.0 Å². The van der Waals surface area contributed by atoms with Gasteiger partial charge in [0.05, 0.1) is 12.2 Å². The zero-order valence-electron chi connectivity index (χ0n) is 16.1. The quantitative estimate of drug-likeness (QED) is 0.624. The van der Waals surface area contributed by atoms with Gasteiger partial charge >= 0.3 is 5.97 Å². The van der Waals surface area contributed by atoms with Crippen molar-refractivity contribution in [1.29, 1.82) is 0 Å². The molecule has 1 saturated heterocycles.